The van der Waals surface area contributed by atoms with Crippen molar-refractivity contribution in [3.05, 3.63) is 92.3 Å². The van der Waals surface area contributed by atoms with Crippen LogP contribution in [0.3, 0.4) is 0 Å². The molecule has 140 valence electrons. The van der Waals surface area contributed by atoms with E-state index in [9.17, 15) is 4.79 Å². The Hall–Kier alpha value is -2.21. The lowest BCUT2D eigenvalue weighted by atomic mass is 10.2. The van der Waals surface area contributed by atoms with E-state index in [1.165, 1.54) is 11.8 Å². The zero-order chi connectivity index (χ0) is 19.5. The van der Waals surface area contributed by atoms with E-state index in [-0.39, 0.29) is 5.91 Å². The van der Waals surface area contributed by atoms with E-state index in [4.69, 9.17) is 16.3 Å². The summed E-state index contributed by atoms with van der Waals surface area (Å²) in [4.78, 5) is 14.0. The molecule has 1 heterocycles. The predicted molar refractivity (Wildman–Crippen MR) is 119 cm³/mol. The summed E-state index contributed by atoms with van der Waals surface area (Å²) in [7, 11) is 0. The molecule has 0 saturated heterocycles. The van der Waals surface area contributed by atoms with Gasteiger partial charge in [-0.3, -0.25) is 4.79 Å². The molecule has 0 bridgehead atoms. The second-order valence-electron chi connectivity index (χ2n) is 6.17. The van der Waals surface area contributed by atoms with Gasteiger partial charge in [-0.25, -0.2) is 0 Å². The van der Waals surface area contributed by atoms with Gasteiger partial charge >= 0.3 is 0 Å². The van der Waals surface area contributed by atoms with E-state index in [0.717, 1.165) is 31.9 Å². The fourth-order valence-corrected chi connectivity index (χ4v) is 4.31. The molecule has 1 amide bonds. The van der Waals surface area contributed by atoms with E-state index in [2.05, 4.69) is 21.2 Å². The number of para-hydroxylation sites is 1. The first-order chi connectivity index (χ1) is 13.6. The van der Waals surface area contributed by atoms with Crippen molar-refractivity contribution in [1.29, 1.82) is 0 Å². The Kier molecular flexibility index (Phi) is 5.76. The first-order valence-electron chi connectivity index (χ1n) is 8.55. The summed E-state index contributed by atoms with van der Waals surface area (Å²) in [5.74, 6) is 0.645. The summed E-state index contributed by atoms with van der Waals surface area (Å²) >= 11 is 10.9. The largest absolute Gasteiger partial charge is 0.488 e. The molecule has 0 atom stereocenters. The molecule has 0 fully saturated rings. The molecular weight excluding hydrogens is 458 g/mol. The fraction of sp³-hybridized carbons (Fsp3) is 0.0455. The van der Waals surface area contributed by atoms with Crippen LogP contribution >= 0.6 is 39.3 Å². The molecule has 0 radical (unpaired) electrons. The van der Waals surface area contributed by atoms with Crippen molar-refractivity contribution in [3.63, 3.8) is 0 Å². The molecule has 0 saturated carbocycles. The van der Waals surface area contributed by atoms with E-state index in [1.807, 2.05) is 72.8 Å². The van der Waals surface area contributed by atoms with E-state index in [1.54, 1.807) is 0 Å². The molecule has 0 spiro atoms. The van der Waals surface area contributed by atoms with Gasteiger partial charge in [-0.1, -0.05) is 53.7 Å². The van der Waals surface area contributed by atoms with E-state index < -0.39 is 0 Å². The number of nitrogens with one attached hydrogen (secondary N) is 1. The minimum atomic E-state index is -0.0945. The highest BCUT2D eigenvalue weighted by atomic mass is 79.9. The zero-order valence-corrected chi connectivity index (χ0v) is 17.8. The standard InChI is InChI=1S/C22H15BrClNO2S/c23-17-11-15(7-10-19(17)27-13-14-5-8-16(24)9-6-14)12-21-22(26)25-18-3-1-2-4-20(18)28-21/h1-12H,13H2,(H,25,26)/b21-12-. The van der Waals surface area contributed by atoms with Gasteiger partial charge in [-0.05, 0) is 69.5 Å². The second kappa shape index (κ2) is 8.43. The van der Waals surface area contributed by atoms with Crippen molar-refractivity contribution in [3.8, 4) is 5.75 Å². The quantitative estimate of drug-likeness (QED) is 0.426. The number of fused-ring (bicyclic) bond motifs is 1. The molecular formula is C22H15BrClNO2S. The second-order valence-corrected chi connectivity index (χ2v) is 8.54. The van der Waals surface area contributed by atoms with Gasteiger partial charge in [0.1, 0.15) is 12.4 Å². The van der Waals surface area contributed by atoms with Gasteiger partial charge in [0.05, 0.1) is 15.1 Å². The van der Waals surface area contributed by atoms with Gasteiger partial charge in [-0.2, -0.15) is 0 Å². The molecule has 1 aliphatic rings. The van der Waals surface area contributed by atoms with Crippen molar-refractivity contribution in [2.75, 3.05) is 5.32 Å². The maximum Gasteiger partial charge on any atom is 0.262 e. The summed E-state index contributed by atoms with van der Waals surface area (Å²) in [5.41, 5.74) is 2.81. The third-order valence-corrected chi connectivity index (χ3v) is 6.11. The minimum Gasteiger partial charge on any atom is -0.488 e. The number of halogens is 2. The summed E-state index contributed by atoms with van der Waals surface area (Å²) in [6.45, 7) is 0.450. The van der Waals surface area contributed by atoms with Crippen LogP contribution in [0.1, 0.15) is 11.1 Å². The van der Waals surface area contributed by atoms with Gasteiger partial charge < -0.3 is 10.1 Å². The van der Waals surface area contributed by atoms with E-state index >= 15 is 0 Å². The van der Waals surface area contributed by atoms with Crippen LogP contribution in [0.4, 0.5) is 5.69 Å². The number of benzene rings is 3. The van der Waals surface area contributed by atoms with Gasteiger partial charge in [0.25, 0.3) is 5.91 Å². The molecule has 6 heteroatoms. The molecule has 1 N–H and O–H groups in total. The van der Waals surface area contributed by atoms with Crippen LogP contribution < -0.4 is 10.1 Å². The molecule has 0 unspecified atom stereocenters. The lowest BCUT2D eigenvalue weighted by Crippen LogP contribution is -2.17. The highest BCUT2D eigenvalue weighted by molar-refractivity contribution is 9.10. The van der Waals surface area contributed by atoms with Crippen molar-refractivity contribution in [2.24, 2.45) is 0 Å². The van der Waals surface area contributed by atoms with Crippen molar-refractivity contribution in [2.45, 2.75) is 11.5 Å². The van der Waals surface area contributed by atoms with Gasteiger partial charge in [0.15, 0.2) is 0 Å². The first kappa shape index (κ1) is 19.1. The molecule has 28 heavy (non-hydrogen) atoms. The number of ether oxygens (including phenoxy) is 1. The first-order valence-corrected chi connectivity index (χ1v) is 10.5. The molecule has 1 aliphatic heterocycles. The summed E-state index contributed by atoms with van der Waals surface area (Å²) in [5, 5.41) is 3.63. The van der Waals surface area contributed by atoms with Crippen LogP contribution in [0.25, 0.3) is 6.08 Å². The molecule has 3 aromatic carbocycles. The van der Waals surface area contributed by atoms with Crippen LogP contribution in [0.15, 0.2) is 81.0 Å². The predicted octanol–water partition coefficient (Wildman–Crippen LogP) is 6.77. The molecule has 3 nitrogen and oxygen atoms in total. The molecule has 3 aromatic rings. The summed E-state index contributed by atoms with van der Waals surface area (Å²) in [6.07, 6.45) is 1.88. The van der Waals surface area contributed by atoms with Crippen molar-refractivity contribution >= 4 is 57.0 Å². The lowest BCUT2D eigenvalue weighted by Gasteiger charge is -2.18. The van der Waals surface area contributed by atoms with Crippen molar-refractivity contribution in [1.82, 2.24) is 0 Å². The van der Waals surface area contributed by atoms with Crippen molar-refractivity contribution < 1.29 is 9.53 Å². The number of amides is 1. The Labute approximate surface area is 180 Å². The number of rotatable bonds is 4. The Morgan fingerprint density at radius 2 is 1.86 bits per heavy atom. The maximum absolute atomic E-state index is 12.4. The zero-order valence-electron chi connectivity index (χ0n) is 14.6. The third-order valence-electron chi connectivity index (χ3n) is 4.14. The number of carbonyl (C=O) groups is 1. The Morgan fingerprint density at radius 1 is 1.07 bits per heavy atom. The Balaban J connectivity index is 1.49. The fourth-order valence-electron chi connectivity index (χ4n) is 2.72. The average Bonchev–Trinajstić information content (AvgIpc) is 2.69. The van der Waals surface area contributed by atoms with E-state index in [0.29, 0.717) is 16.5 Å². The van der Waals surface area contributed by atoms with Crippen LogP contribution in [0, 0.1) is 0 Å². The van der Waals surface area contributed by atoms with Gasteiger partial charge in [-0.15, -0.1) is 0 Å². The van der Waals surface area contributed by atoms with Crippen LogP contribution in [0.2, 0.25) is 5.02 Å². The number of thioether (sulfide) groups is 1. The number of anilines is 1. The highest BCUT2D eigenvalue weighted by Gasteiger charge is 2.20. The minimum absolute atomic E-state index is 0.0945. The molecule has 0 aliphatic carbocycles. The van der Waals surface area contributed by atoms with Crippen LogP contribution in [0.5, 0.6) is 5.75 Å². The smallest absolute Gasteiger partial charge is 0.262 e. The van der Waals surface area contributed by atoms with Crippen LogP contribution in [-0.4, -0.2) is 5.91 Å². The number of hydrogen-bond donors (Lipinski definition) is 1. The normalized spacial score (nSPS) is 14.5. The van der Waals surface area contributed by atoms with Crippen LogP contribution in [-0.2, 0) is 11.4 Å². The van der Waals surface area contributed by atoms with Gasteiger partial charge in [0, 0.05) is 9.92 Å². The summed E-state index contributed by atoms with van der Waals surface area (Å²) in [6, 6.07) is 21.1. The lowest BCUT2D eigenvalue weighted by molar-refractivity contribution is -0.112. The third kappa shape index (κ3) is 4.43. The topological polar surface area (TPSA) is 38.3 Å². The number of hydrogen-bond acceptors (Lipinski definition) is 3. The molecule has 4 rings (SSSR count). The monoisotopic (exact) mass is 471 g/mol. The number of carbonyl (C=O) groups excluding carboxylic acids is 1. The SMILES string of the molecule is O=C1Nc2ccccc2S/C1=C\c1ccc(OCc2ccc(Cl)cc2)c(Br)c1. The summed E-state index contributed by atoms with van der Waals surface area (Å²) < 4.78 is 6.71. The molecule has 0 aromatic heterocycles. The Morgan fingerprint density at radius 3 is 2.64 bits per heavy atom. The highest BCUT2D eigenvalue weighted by Crippen LogP contribution is 2.39. The van der Waals surface area contributed by atoms with Gasteiger partial charge in [0.2, 0.25) is 0 Å². The average molecular weight is 473 g/mol. The maximum atomic E-state index is 12.4. The Bertz CT molecular complexity index is 1070.